The van der Waals surface area contributed by atoms with Crippen LogP contribution >= 0.6 is 11.8 Å². The molecule has 0 aliphatic heterocycles. The summed E-state index contributed by atoms with van der Waals surface area (Å²) in [6.45, 7) is 6.70. The average molecular weight is 244 g/mol. The second-order valence-corrected chi connectivity index (χ2v) is 6.74. The molecule has 0 saturated heterocycles. The van der Waals surface area contributed by atoms with Crippen molar-refractivity contribution in [2.45, 2.75) is 25.5 Å². The second kappa shape index (κ2) is 4.38. The lowest BCUT2D eigenvalue weighted by molar-refractivity contribution is 0.627. The molecule has 0 saturated carbocycles. The predicted molar refractivity (Wildman–Crippen MR) is 79.3 cm³/mol. The van der Waals surface area contributed by atoms with Gasteiger partial charge < -0.3 is 0 Å². The van der Waals surface area contributed by atoms with Gasteiger partial charge in [-0.15, -0.1) is 0 Å². The molecule has 0 atom stereocenters. The van der Waals surface area contributed by atoms with Gasteiger partial charge in [-0.1, -0.05) is 62.5 Å². The minimum absolute atomic E-state index is 0.114. The molecule has 0 aromatic carbocycles. The lowest BCUT2D eigenvalue weighted by atomic mass is 9.93. The molecule has 0 heterocycles. The Labute approximate surface area is 109 Å². The first-order chi connectivity index (χ1) is 7.94. The van der Waals surface area contributed by atoms with Crippen LogP contribution in [0.15, 0.2) is 59.8 Å². The van der Waals surface area contributed by atoms with Crippen LogP contribution in [-0.2, 0) is 0 Å². The Kier molecular flexibility index (Phi) is 3.22. The summed E-state index contributed by atoms with van der Waals surface area (Å²) in [5.74, 6) is 0. The Bertz CT molecular complexity index is 420. The minimum Gasteiger partial charge on any atom is -0.150 e. The van der Waals surface area contributed by atoms with Crippen molar-refractivity contribution >= 4 is 11.8 Å². The number of rotatable bonds is 1. The number of hydrogen-bond acceptors (Lipinski definition) is 1. The van der Waals surface area contributed by atoms with Crippen molar-refractivity contribution in [2.24, 2.45) is 5.41 Å². The van der Waals surface area contributed by atoms with Crippen LogP contribution in [-0.4, -0.2) is 11.0 Å². The SMILES string of the molecule is CSC1(C)C=CC2=C(C=CC(C)(C)C=C2)C=C1. The molecule has 2 aliphatic rings. The van der Waals surface area contributed by atoms with Gasteiger partial charge in [0.25, 0.3) is 0 Å². The van der Waals surface area contributed by atoms with Gasteiger partial charge in [0.05, 0.1) is 0 Å². The van der Waals surface area contributed by atoms with Crippen molar-refractivity contribution in [2.75, 3.05) is 6.26 Å². The van der Waals surface area contributed by atoms with Gasteiger partial charge in [-0.3, -0.25) is 0 Å². The molecule has 2 rings (SSSR count). The van der Waals surface area contributed by atoms with Crippen LogP contribution in [0.4, 0.5) is 0 Å². The van der Waals surface area contributed by atoms with Crippen LogP contribution in [0.1, 0.15) is 20.8 Å². The fourth-order valence-electron chi connectivity index (χ4n) is 1.86. The molecule has 0 N–H and O–H groups in total. The smallest absolute Gasteiger partial charge is 0.0494 e. The Balaban J connectivity index is 2.40. The monoisotopic (exact) mass is 244 g/mol. The van der Waals surface area contributed by atoms with Crippen LogP contribution < -0.4 is 0 Å². The van der Waals surface area contributed by atoms with E-state index in [4.69, 9.17) is 0 Å². The molecule has 0 spiro atoms. The topological polar surface area (TPSA) is 0 Å². The van der Waals surface area contributed by atoms with E-state index in [0.29, 0.717) is 0 Å². The first-order valence-corrected chi connectivity index (χ1v) is 7.23. The van der Waals surface area contributed by atoms with Crippen molar-refractivity contribution < 1.29 is 0 Å². The molecule has 1 heteroatoms. The maximum absolute atomic E-state index is 2.28. The van der Waals surface area contributed by atoms with Gasteiger partial charge in [-0.05, 0) is 24.3 Å². The summed E-state index contributed by atoms with van der Waals surface area (Å²) < 4.78 is 0.114. The van der Waals surface area contributed by atoms with Gasteiger partial charge in [-0.2, -0.15) is 11.8 Å². The highest BCUT2D eigenvalue weighted by Crippen LogP contribution is 2.33. The fraction of sp³-hybridized carbons (Fsp3) is 0.375. The zero-order valence-electron chi connectivity index (χ0n) is 11.0. The van der Waals surface area contributed by atoms with Crippen molar-refractivity contribution in [1.82, 2.24) is 0 Å². The van der Waals surface area contributed by atoms with Crippen LogP contribution in [0.5, 0.6) is 0 Å². The third kappa shape index (κ3) is 2.84. The quantitative estimate of drug-likeness (QED) is 0.645. The first kappa shape index (κ1) is 12.5. The summed E-state index contributed by atoms with van der Waals surface area (Å²) in [5, 5.41) is 0. The van der Waals surface area contributed by atoms with E-state index in [1.54, 1.807) is 0 Å². The van der Waals surface area contributed by atoms with Crippen LogP contribution in [0.3, 0.4) is 0 Å². The summed E-state index contributed by atoms with van der Waals surface area (Å²) in [4.78, 5) is 0. The van der Waals surface area contributed by atoms with E-state index < -0.39 is 0 Å². The molecule has 0 bridgehead atoms. The number of thioether (sulfide) groups is 1. The molecule has 17 heavy (non-hydrogen) atoms. The van der Waals surface area contributed by atoms with Crippen LogP contribution in [0, 0.1) is 5.41 Å². The Morgan fingerprint density at radius 1 is 0.765 bits per heavy atom. The lowest BCUT2D eigenvalue weighted by Gasteiger charge is -2.17. The zero-order valence-corrected chi connectivity index (χ0v) is 11.8. The summed E-state index contributed by atoms with van der Waals surface area (Å²) >= 11 is 1.86. The molecule has 2 aliphatic carbocycles. The standard InChI is InChI=1S/C16H20S/c1-15(2)9-5-13-7-11-16(3,17-4)12-8-14(13)6-10-15/h5-12H,1-4H3. The zero-order chi connectivity index (χ0) is 12.5. The Hall–Kier alpha value is -0.950. The van der Waals surface area contributed by atoms with Gasteiger partial charge in [0, 0.05) is 10.2 Å². The molecular formula is C16H20S. The Morgan fingerprint density at radius 2 is 1.18 bits per heavy atom. The summed E-state index contributed by atoms with van der Waals surface area (Å²) in [6.07, 6.45) is 20.2. The molecule has 0 nitrogen and oxygen atoms in total. The third-order valence-corrected chi connectivity index (χ3v) is 4.50. The maximum atomic E-state index is 2.28. The highest BCUT2D eigenvalue weighted by molar-refractivity contribution is 8.00. The number of hydrogen-bond donors (Lipinski definition) is 0. The molecule has 0 radical (unpaired) electrons. The van der Waals surface area contributed by atoms with E-state index >= 15 is 0 Å². The van der Waals surface area contributed by atoms with Crippen molar-refractivity contribution in [3.05, 3.63) is 59.8 Å². The van der Waals surface area contributed by atoms with Gasteiger partial charge >= 0.3 is 0 Å². The van der Waals surface area contributed by atoms with Crippen LogP contribution in [0.2, 0.25) is 0 Å². The molecule has 0 aromatic rings. The largest absolute Gasteiger partial charge is 0.150 e. The van der Waals surface area contributed by atoms with Gasteiger partial charge in [0.2, 0.25) is 0 Å². The number of allylic oxidation sites excluding steroid dienone is 8. The second-order valence-electron chi connectivity index (χ2n) is 5.45. The van der Waals surface area contributed by atoms with Crippen molar-refractivity contribution in [3.63, 3.8) is 0 Å². The molecule has 0 amide bonds. The molecule has 0 unspecified atom stereocenters. The molecule has 90 valence electrons. The minimum atomic E-state index is 0.114. The fourth-order valence-corrected chi connectivity index (χ4v) is 2.27. The van der Waals surface area contributed by atoms with E-state index in [1.807, 2.05) is 11.8 Å². The first-order valence-electron chi connectivity index (χ1n) is 6.01. The van der Waals surface area contributed by atoms with E-state index in [0.717, 1.165) is 0 Å². The summed E-state index contributed by atoms with van der Waals surface area (Å²) in [6, 6.07) is 0. The van der Waals surface area contributed by atoms with Gasteiger partial charge in [0.1, 0.15) is 0 Å². The van der Waals surface area contributed by atoms with E-state index in [-0.39, 0.29) is 10.2 Å². The average Bonchev–Trinajstić information content (AvgIpc) is 2.53. The molecule has 0 fully saturated rings. The van der Waals surface area contributed by atoms with E-state index in [2.05, 4.69) is 75.6 Å². The third-order valence-electron chi connectivity index (χ3n) is 3.35. The lowest BCUT2D eigenvalue weighted by Crippen LogP contribution is -2.10. The summed E-state index contributed by atoms with van der Waals surface area (Å²) in [7, 11) is 0. The van der Waals surface area contributed by atoms with Gasteiger partial charge in [0.15, 0.2) is 0 Å². The highest BCUT2D eigenvalue weighted by atomic mass is 32.2. The van der Waals surface area contributed by atoms with E-state index in [1.165, 1.54) is 11.1 Å². The van der Waals surface area contributed by atoms with Crippen LogP contribution in [0.25, 0.3) is 0 Å². The molecular weight excluding hydrogens is 224 g/mol. The van der Waals surface area contributed by atoms with E-state index in [9.17, 15) is 0 Å². The Morgan fingerprint density at radius 3 is 1.59 bits per heavy atom. The summed E-state index contributed by atoms with van der Waals surface area (Å²) in [5.41, 5.74) is 2.76. The normalized spacial score (nSPS) is 24.5. The predicted octanol–water partition coefficient (Wildman–Crippen LogP) is 4.68. The van der Waals surface area contributed by atoms with Gasteiger partial charge in [-0.25, -0.2) is 0 Å². The molecule has 0 aromatic heterocycles. The maximum Gasteiger partial charge on any atom is 0.0494 e. The van der Waals surface area contributed by atoms with Crippen molar-refractivity contribution in [3.8, 4) is 0 Å². The van der Waals surface area contributed by atoms with Crippen molar-refractivity contribution in [1.29, 1.82) is 0 Å². The highest BCUT2D eigenvalue weighted by Gasteiger charge is 2.19.